The van der Waals surface area contributed by atoms with Crippen molar-refractivity contribution in [3.05, 3.63) is 42.8 Å². The van der Waals surface area contributed by atoms with Crippen molar-refractivity contribution < 1.29 is 9.13 Å². The van der Waals surface area contributed by atoms with Gasteiger partial charge >= 0.3 is 0 Å². The summed E-state index contributed by atoms with van der Waals surface area (Å²) in [7, 11) is 0. The van der Waals surface area contributed by atoms with Crippen molar-refractivity contribution in [3.8, 4) is 0 Å². The van der Waals surface area contributed by atoms with Gasteiger partial charge in [0.15, 0.2) is 6.17 Å². The standard InChI is InChI=1S/C9H10FO/c1-2-6-11-9-5-3-4-8(10)7-9/h2-5H,1,6-7H2. The van der Waals surface area contributed by atoms with E-state index in [4.69, 9.17) is 4.74 Å². The summed E-state index contributed by atoms with van der Waals surface area (Å²) in [4.78, 5) is 0. The lowest BCUT2D eigenvalue weighted by molar-refractivity contribution is 0.230. The van der Waals surface area contributed by atoms with Gasteiger partial charge in [-0.1, -0.05) is 18.7 Å². The molecule has 0 fully saturated rings. The van der Waals surface area contributed by atoms with Crippen molar-refractivity contribution in [3.63, 3.8) is 0 Å². The highest BCUT2D eigenvalue weighted by atomic mass is 19.1. The molecule has 0 spiro atoms. The van der Waals surface area contributed by atoms with Gasteiger partial charge in [-0.15, -0.1) is 0 Å². The van der Waals surface area contributed by atoms with E-state index in [1.54, 1.807) is 18.2 Å². The van der Waals surface area contributed by atoms with Crippen molar-refractivity contribution in [2.75, 3.05) is 6.61 Å². The molecule has 0 N–H and O–H groups in total. The predicted octanol–water partition coefficient (Wildman–Crippen LogP) is 2.53. The van der Waals surface area contributed by atoms with Gasteiger partial charge < -0.3 is 4.74 Å². The third-order valence-electron chi connectivity index (χ3n) is 1.29. The third-order valence-corrected chi connectivity index (χ3v) is 1.29. The summed E-state index contributed by atoms with van der Waals surface area (Å²) in [5.41, 5.74) is 0. The predicted molar refractivity (Wildman–Crippen MR) is 42.3 cm³/mol. The van der Waals surface area contributed by atoms with Gasteiger partial charge in [0.1, 0.15) is 12.4 Å². The maximum Gasteiger partial charge on any atom is 0.174 e. The fraction of sp³-hybridized carbons (Fsp3) is 0.222. The highest BCUT2D eigenvalue weighted by molar-refractivity contribution is 5.23. The van der Waals surface area contributed by atoms with Gasteiger partial charge in [-0.05, 0) is 12.2 Å². The molecular formula is C9H10FO. The molecule has 0 saturated carbocycles. The first kappa shape index (κ1) is 8.05. The van der Waals surface area contributed by atoms with Gasteiger partial charge in [-0.2, -0.15) is 0 Å². The molecule has 1 aliphatic rings. The third kappa shape index (κ3) is 2.58. The molecule has 1 radical (unpaired) electrons. The van der Waals surface area contributed by atoms with Crippen LogP contribution < -0.4 is 0 Å². The molecule has 0 heterocycles. The minimum Gasteiger partial charge on any atom is -0.494 e. The zero-order valence-corrected chi connectivity index (χ0v) is 6.22. The maximum atomic E-state index is 12.5. The Balaban J connectivity index is 2.39. The number of ether oxygens (including phenoxy) is 1. The first-order valence-corrected chi connectivity index (χ1v) is 3.45. The fourth-order valence-corrected chi connectivity index (χ4v) is 0.809. The minimum atomic E-state index is -0.161. The van der Waals surface area contributed by atoms with Crippen LogP contribution >= 0.6 is 0 Å². The largest absolute Gasteiger partial charge is 0.494 e. The zero-order chi connectivity index (χ0) is 8.10. The van der Waals surface area contributed by atoms with E-state index < -0.39 is 0 Å². The van der Waals surface area contributed by atoms with E-state index in [1.807, 2.05) is 0 Å². The highest BCUT2D eigenvalue weighted by Gasteiger charge is 2.10. The average Bonchev–Trinajstić information content (AvgIpc) is 2.01. The Hall–Kier alpha value is -1.05. The van der Waals surface area contributed by atoms with Crippen LogP contribution in [-0.4, -0.2) is 6.61 Å². The average molecular weight is 153 g/mol. The molecule has 0 saturated heterocycles. The van der Waals surface area contributed by atoms with Gasteiger partial charge in [-0.3, -0.25) is 0 Å². The SMILES string of the molecule is C=CCOC1=CC=C[C](F)C1. The van der Waals surface area contributed by atoms with Crippen molar-refractivity contribution in [2.45, 2.75) is 6.42 Å². The second-order valence-electron chi connectivity index (χ2n) is 2.22. The van der Waals surface area contributed by atoms with E-state index >= 15 is 0 Å². The van der Waals surface area contributed by atoms with Gasteiger partial charge in [-0.25, -0.2) is 4.39 Å². The number of halogens is 1. The molecule has 0 amide bonds. The van der Waals surface area contributed by atoms with E-state index in [1.165, 1.54) is 6.08 Å². The molecule has 0 aromatic rings. The smallest absolute Gasteiger partial charge is 0.174 e. The maximum absolute atomic E-state index is 12.5. The molecule has 0 aromatic carbocycles. The molecule has 0 atom stereocenters. The van der Waals surface area contributed by atoms with Crippen LogP contribution in [0.1, 0.15) is 6.42 Å². The van der Waals surface area contributed by atoms with Crippen molar-refractivity contribution in [1.29, 1.82) is 0 Å². The molecule has 0 aromatic heterocycles. The van der Waals surface area contributed by atoms with Crippen LogP contribution in [0.15, 0.2) is 36.6 Å². The summed E-state index contributed by atoms with van der Waals surface area (Å²) < 4.78 is 17.7. The zero-order valence-electron chi connectivity index (χ0n) is 6.22. The second kappa shape index (κ2) is 3.96. The Bertz CT molecular complexity index is 194. The number of rotatable bonds is 3. The van der Waals surface area contributed by atoms with Gasteiger partial charge in [0.25, 0.3) is 0 Å². The topological polar surface area (TPSA) is 9.23 Å². The first-order valence-electron chi connectivity index (χ1n) is 3.45. The lowest BCUT2D eigenvalue weighted by Gasteiger charge is -2.11. The van der Waals surface area contributed by atoms with E-state index in [9.17, 15) is 4.39 Å². The molecule has 59 valence electrons. The number of allylic oxidation sites excluding steroid dienone is 4. The molecule has 1 rings (SSSR count). The van der Waals surface area contributed by atoms with Crippen LogP contribution in [-0.2, 0) is 4.74 Å². The monoisotopic (exact) mass is 153 g/mol. The first-order chi connectivity index (χ1) is 5.33. The van der Waals surface area contributed by atoms with E-state index in [-0.39, 0.29) is 12.6 Å². The Morgan fingerprint density at radius 2 is 2.55 bits per heavy atom. The molecule has 1 nitrogen and oxygen atoms in total. The summed E-state index contributed by atoms with van der Waals surface area (Å²) in [5, 5.41) is 0. The normalized spacial score (nSPS) is 17.7. The Morgan fingerprint density at radius 3 is 3.18 bits per heavy atom. The Morgan fingerprint density at radius 1 is 1.73 bits per heavy atom. The molecule has 11 heavy (non-hydrogen) atoms. The van der Waals surface area contributed by atoms with Gasteiger partial charge in [0, 0.05) is 6.42 Å². The lowest BCUT2D eigenvalue weighted by Crippen LogP contribution is -1.98. The fourth-order valence-electron chi connectivity index (χ4n) is 0.809. The molecular weight excluding hydrogens is 143 g/mol. The van der Waals surface area contributed by atoms with E-state index in [0.717, 1.165) is 0 Å². The summed E-state index contributed by atoms with van der Waals surface area (Å²) >= 11 is 0. The molecule has 0 aliphatic heterocycles. The summed E-state index contributed by atoms with van der Waals surface area (Å²) in [6.45, 7) is 3.93. The minimum absolute atomic E-state index is 0.161. The van der Waals surface area contributed by atoms with E-state index in [0.29, 0.717) is 12.4 Å². The molecule has 0 unspecified atom stereocenters. The van der Waals surface area contributed by atoms with Crippen LogP contribution in [0, 0.1) is 6.17 Å². The van der Waals surface area contributed by atoms with Crippen LogP contribution in [0.25, 0.3) is 0 Å². The molecule has 2 heteroatoms. The van der Waals surface area contributed by atoms with Gasteiger partial charge in [0.2, 0.25) is 0 Å². The summed E-state index contributed by atoms with van der Waals surface area (Å²) in [5.74, 6) is 0.657. The van der Waals surface area contributed by atoms with Crippen LogP contribution in [0.5, 0.6) is 0 Å². The quantitative estimate of drug-likeness (QED) is 0.566. The van der Waals surface area contributed by atoms with Crippen molar-refractivity contribution >= 4 is 0 Å². The van der Waals surface area contributed by atoms with Crippen LogP contribution in [0.4, 0.5) is 4.39 Å². The highest BCUT2D eigenvalue weighted by Crippen LogP contribution is 2.21. The van der Waals surface area contributed by atoms with Gasteiger partial charge in [0.05, 0.1) is 0 Å². The molecule has 0 bridgehead atoms. The summed E-state index contributed by atoms with van der Waals surface area (Å²) in [6.07, 6.45) is 6.57. The number of hydrogen-bond donors (Lipinski definition) is 0. The number of hydrogen-bond acceptors (Lipinski definition) is 1. The molecule has 1 aliphatic carbocycles. The van der Waals surface area contributed by atoms with Crippen LogP contribution in [0.3, 0.4) is 0 Å². The second-order valence-corrected chi connectivity index (χ2v) is 2.22. The lowest BCUT2D eigenvalue weighted by atomic mass is 10.1. The summed E-state index contributed by atoms with van der Waals surface area (Å²) in [6, 6.07) is 0. The van der Waals surface area contributed by atoms with Crippen molar-refractivity contribution in [2.24, 2.45) is 0 Å². The van der Waals surface area contributed by atoms with E-state index in [2.05, 4.69) is 6.58 Å². The Kier molecular flexibility index (Phi) is 2.90. The van der Waals surface area contributed by atoms with Crippen molar-refractivity contribution in [1.82, 2.24) is 0 Å². The Labute approximate surface area is 65.9 Å². The van der Waals surface area contributed by atoms with Crippen LogP contribution in [0.2, 0.25) is 0 Å².